The molecule has 2 aromatic carbocycles. The SMILES string of the molecule is Cc1ccc(S(=O)(=O)N2CCC[C@@](C)(C(=O)NCc3ccccc3C)C2)cc1. The minimum atomic E-state index is -3.60. The molecule has 28 heavy (non-hydrogen) atoms. The van der Waals surface area contributed by atoms with Gasteiger partial charge in [0.15, 0.2) is 0 Å². The van der Waals surface area contributed by atoms with E-state index in [1.54, 1.807) is 24.3 Å². The molecular weight excluding hydrogens is 372 g/mol. The maximum absolute atomic E-state index is 13.0. The zero-order valence-corrected chi connectivity index (χ0v) is 17.6. The van der Waals surface area contributed by atoms with E-state index >= 15 is 0 Å². The smallest absolute Gasteiger partial charge is 0.243 e. The summed E-state index contributed by atoms with van der Waals surface area (Å²) in [6.07, 6.45) is 1.34. The number of nitrogens with zero attached hydrogens (tertiary/aromatic N) is 1. The van der Waals surface area contributed by atoms with E-state index in [4.69, 9.17) is 0 Å². The number of piperidine rings is 1. The summed E-state index contributed by atoms with van der Waals surface area (Å²) in [6, 6.07) is 14.8. The Morgan fingerprint density at radius 3 is 2.46 bits per heavy atom. The van der Waals surface area contributed by atoms with Crippen molar-refractivity contribution in [2.24, 2.45) is 5.41 Å². The van der Waals surface area contributed by atoms with Crippen LogP contribution in [0.5, 0.6) is 0 Å². The summed E-state index contributed by atoms with van der Waals surface area (Å²) >= 11 is 0. The Morgan fingerprint density at radius 2 is 1.79 bits per heavy atom. The van der Waals surface area contributed by atoms with Crippen molar-refractivity contribution < 1.29 is 13.2 Å². The van der Waals surface area contributed by atoms with Crippen LogP contribution >= 0.6 is 0 Å². The predicted molar refractivity (Wildman–Crippen MR) is 110 cm³/mol. The molecule has 150 valence electrons. The Hall–Kier alpha value is -2.18. The van der Waals surface area contributed by atoms with Crippen molar-refractivity contribution in [2.75, 3.05) is 13.1 Å². The van der Waals surface area contributed by atoms with Crippen LogP contribution in [0, 0.1) is 19.3 Å². The molecule has 0 bridgehead atoms. The number of hydrogen-bond acceptors (Lipinski definition) is 3. The molecular formula is C22H28N2O3S. The Morgan fingerprint density at radius 1 is 1.11 bits per heavy atom. The lowest BCUT2D eigenvalue weighted by Crippen LogP contribution is -2.51. The minimum absolute atomic E-state index is 0.0976. The fraction of sp³-hybridized carbons (Fsp3) is 0.409. The standard InChI is InChI=1S/C22H28N2O3S/c1-17-9-11-20(12-10-17)28(26,27)24-14-6-13-22(3,16-24)21(25)23-15-19-8-5-4-7-18(19)2/h4-5,7-12H,6,13-16H2,1-3H3,(H,23,25)/t22-/m1/s1. The van der Waals surface area contributed by atoms with Gasteiger partial charge in [-0.15, -0.1) is 0 Å². The van der Waals surface area contributed by atoms with E-state index in [-0.39, 0.29) is 17.3 Å². The molecule has 0 saturated carbocycles. The first kappa shape index (κ1) is 20.6. The monoisotopic (exact) mass is 400 g/mol. The number of carbonyl (C=O) groups excluding carboxylic acids is 1. The molecule has 6 heteroatoms. The molecule has 1 heterocycles. The maximum atomic E-state index is 13.0. The molecule has 2 aromatic rings. The number of benzene rings is 2. The van der Waals surface area contributed by atoms with Gasteiger partial charge in [0.2, 0.25) is 15.9 Å². The van der Waals surface area contributed by atoms with E-state index in [0.717, 1.165) is 16.7 Å². The van der Waals surface area contributed by atoms with Crippen molar-refractivity contribution in [3.05, 3.63) is 65.2 Å². The van der Waals surface area contributed by atoms with E-state index in [1.165, 1.54) is 4.31 Å². The lowest BCUT2D eigenvalue weighted by Gasteiger charge is -2.38. The van der Waals surface area contributed by atoms with Gasteiger partial charge in [0.1, 0.15) is 0 Å². The fourth-order valence-electron chi connectivity index (χ4n) is 3.64. The van der Waals surface area contributed by atoms with E-state index < -0.39 is 15.4 Å². The average Bonchev–Trinajstić information content (AvgIpc) is 2.67. The average molecular weight is 401 g/mol. The molecule has 1 fully saturated rings. The van der Waals surface area contributed by atoms with E-state index in [9.17, 15) is 13.2 Å². The lowest BCUT2D eigenvalue weighted by molar-refractivity contribution is -0.132. The summed E-state index contributed by atoms with van der Waals surface area (Å²) in [5, 5.41) is 3.01. The Kier molecular flexibility index (Phi) is 5.91. The maximum Gasteiger partial charge on any atom is 0.243 e. The third-order valence-corrected chi connectivity index (χ3v) is 7.43. The predicted octanol–water partition coefficient (Wildman–Crippen LogP) is 3.41. The molecule has 1 amide bonds. The third kappa shape index (κ3) is 4.28. The second-order valence-electron chi connectivity index (χ2n) is 7.93. The van der Waals surface area contributed by atoms with Gasteiger partial charge >= 0.3 is 0 Å². The van der Waals surface area contributed by atoms with E-state index in [0.29, 0.717) is 25.9 Å². The van der Waals surface area contributed by atoms with Crippen LogP contribution in [0.3, 0.4) is 0 Å². The van der Waals surface area contributed by atoms with Gasteiger partial charge in [-0.3, -0.25) is 4.79 Å². The molecule has 0 aromatic heterocycles. The van der Waals surface area contributed by atoms with Crippen LogP contribution in [0.2, 0.25) is 0 Å². The van der Waals surface area contributed by atoms with Crippen molar-refractivity contribution in [2.45, 2.75) is 45.1 Å². The highest BCUT2D eigenvalue weighted by Gasteiger charge is 2.41. The second kappa shape index (κ2) is 8.05. The van der Waals surface area contributed by atoms with Crippen LogP contribution in [-0.4, -0.2) is 31.7 Å². The van der Waals surface area contributed by atoms with Crippen molar-refractivity contribution in [3.63, 3.8) is 0 Å². The molecule has 1 aliphatic rings. The summed E-state index contributed by atoms with van der Waals surface area (Å²) in [5.41, 5.74) is 2.47. The first-order valence-corrected chi connectivity index (χ1v) is 11.1. The lowest BCUT2D eigenvalue weighted by atomic mass is 9.82. The first-order valence-electron chi connectivity index (χ1n) is 9.62. The van der Waals surface area contributed by atoms with Crippen LogP contribution in [0.25, 0.3) is 0 Å². The molecule has 0 radical (unpaired) electrons. The van der Waals surface area contributed by atoms with Gasteiger partial charge in [0.05, 0.1) is 10.3 Å². The van der Waals surface area contributed by atoms with Gasteiger partial charge in [-0.05, 0) is 56.9 Å². The van der Waals surface area contributed by atoms with Crippen molar-refractivity contribution in [3.8, 4) is 0 Å². The normalized spacial score (nSPS) is 20.7. The summed E-state index contributed by atoms with van der Waals surface area (Å²) < 4.78 is 27.5. The number of carbonyl (C=O) groups is 1. The Labute approximate surface area is 167 Å². The number of rotatable bonds is 5. The molecule has 5 nitrogen and oxygen atoms in total. The van der Waals surface area contributed by atoms with Crippen molar-refractivity contribution in [1.82, 2.24) is 9.62 Å². The van der Waals surface area contributed by atoms with Crippen LogP contribution in [0.15, 0.2) is 53.4 Å². The number of amides is 1. The van der Waals surface area contributed by atoms with E-state index in [1.807, 2.05) is 45.0 Å². The zero-order valence-electron chi connectivity index (χ0n) is 16.7. The van der Waals surface area contributed by atoms with Crippen LogP contribution in [-0.2, 0) is 21.4 Å². The highest BCUT2D eigenvalue weighted by Crippen LogP contribution is 2.33. The van der Waals surface area contributed by atoms with Gasteiger partial charge < -0.3 is 5.32 Å². The Bertz CT molecular complexity index is 954. The van der Waals surface area contributed by atoms with Crippen LogP contribution in [0.4, 0.5) is 0 Å². The highest BCUT2D eigenvalue weighted by atomic mass is 32.2. The molecule has 1 saturated heterocycles. The molecule has 0 spiro atoms. The number of nitrogens with one attached hydrogen (secondary N) is 1. The van der Waals surface area contributed by atoms with Crippen molar-refractivity contribution >= 4 is 15.9 Å². The summed E-state index contributed by atoms with van der Waals surface area (Å²) in [5.74, 6) is -0.0976. The largest absolute Gasteiger partial charge is 0.352 e. The summed E-state index contributed by atoms with van der Waals surface area (Å²) in [6.45, 7) is 6.88. The highest BCUT2D eigenvalue weighted by molar-refractivity contribution is 7.89. The fourth-order valence-corrected chi connectivity index (χ4v) is 5.24. The van der Waals surface area contributed by atoms with Gasteiger partial charge in [0, 0.05) is 19.6 Å². The molecule has 1 atom stereocenters. The topological polar surface area (TPSA) is 66.5 Å². The van der Waals surface area contributed by atoms with Crippen LogP contribution < -0.4 is 5.32 Å². The van der Waals surface area contributed by atoms with E-state index in [2.05, 4.69) is 5.32 Å². The van der Waals surface area contributed by atoms with Gasteiger partial charge in [0.25, 0.3) is 0 Å². The molecule has 1 N–H and O–H groups in total. The first-order chi connectivity index (χ1) is 13.2. The molecule has 3 rings (SSSR count). The zero-order chi connectivity index (χ0) is 20.4. The molecule has 1 aliphatic heterocycles. The van der Waals surface area contributed by atoms with Gasteiger partial charge in [-0.2, -0.15) is 4.31 Å². The van der Waals surface area contributed by atoms with Gasteiger partial charge in [-0.1, -0.05) is 42.0 Å². The molecule has 0 unspecified atom stereocenters. The Balaban J connectivity index is 1.72. The number of aryl methyl sites for hydroxylation is 2. The van der Waals surface area contributed by atoms with Crippen LogP contribution in [0.1, 0.15) is 36.5 Å². The third-order valence-electron chi connectivity index (χ3n) is 5.57. The second-order valence-corrected chi connectivity index (χ2v) is 9.86. The van der Waals surface area contributed by atoms with Gasteiger partial charge in [-0.25, -0.2) is 8.42 Å². The summed E-state index contributed by atoms with van der Waals surface area (Å²) in [7, 11) is -3.60. The quantitative estimate of drug-likeness (QED) is 0.836. The van der Waals surface area contributed by atoms with Crippen molar-refractivity contribution in [1.29, 1.82) is 0 Å². The molecule has 0 aliphatic carbocycles. The number of sulfonamides is 1. The minimum Gasteiger partial charge on any atom is -0.352 e. The number of hydrogen-bond donors (Lipinski definition) is 1. The summed E-state index contributed by atoms with van der Waals surface area (Å²) in [4.78, 5) is 13.2.